The molecule has 0 aliphatic carbocycles. The summed E-state index contributed by atoms with van der Waals surface area (Å²) in [6, 6.07) is 18.6. The van der Waals surface area contributed by atoms with Gasteiger partial charge in [-0.15, -0.1) is 0 Å². The number of halogens is 1. The third kappa shape index (κ3) is 4.74. The molecule has 0 spiro atoms. The second-order valence-electron chi connectivity index (χ2n) is 7.81. The molecule has 0 saturated carbocycles. The van der Waals surface area contributed by atoms with Crippen molar-refractivity contribution in [2.75, 3.05) is 13.2 Å². The largest absolute Gasteiger partial charge is 0.381 e. The summed E-state index contributed by atoms with van der Waals surface area (Å²) >= 11 is 0. The van der Waals surface area contributed by atoms with Crippen molar-refractivity contribution in [3.63, 3.8) is 0 Å². The van der Waals surface area contributed by atoms with Crippen LogP contribution in [0, 0.1) is 11.2 Å². The van der Waals surface area contributed by atoms with Gasteiger partial charge in [-0.3, -0.25) is 9.78 Å². The lowest BCUT2D eigenvalue weighted by Gasteiger charge is -2.36. The van der Waals surface area contributed by atoms with Crippen molar-refractivity contribution in [3.05, 3.63) is 90.0 Å². The summed E-state index contributed by atoms with van der Waals surface area (Å²) in [7, 11) is 0. The average molecular weight is 404 g/mol. The molecule has 1 N–H and O–H groups in total. The van der Waals surface area contributed by atoms with Gasteiger partial charge >= 0.3 is 0 Å². The molecule has 0 unspecified atom stereocenters. The normalized spacial score (nSPS) is 15.5. The van der Waals surface area contributed by atoms with Crippen LogP contribution in [0.1, 0.15) is 24.0 Å². The molecule has 1 amide bonds. The predicted molar refractivity (Wildman–Crippen MR) is 114 cm³/mol. The van der Waals surface area contributed by atoms with Crippen LogP contribution in [0.4, 0.5) is 4.39 Å². The number of aromatic nitrogens is 1. The Labute approximate surface area is 176 Å². The van der Waals surface area contributed by atoms with E-state index < -0.39 is 5.41 Å². The summed E-state index contributed by atoms with van der Waals surface area (Å²) in [5.41, 5.74) is 3.61. The Morgan fingerprint density at radius 1 is 0.967 bits per heavy atom. The molecule has 3 aromatic rings. The lowest BCUT2D eigenvalue weighted by atomic mass is 9.74. The Hall–Kier alpha value is -3.05. The standard InChI is InChI=1S/C25H25FN2O2/c26-23-3-1-2-20(16-23)18-28-24(29)25(10-14-30-15-11-25)17-19-4-6-21(7-5-19)22-8-12-27-13-9-22/h1-9,12-13,16H,10-11,14-15,17-18H2,(H,28,29). The van der Waals surface area contributed by atoms with E-state index in [2.05, 4.69) is 34.6 Å². The summed E-state index contributed by atoms with van der Waals surface area (Å²) in [5, 5.41) is 3.03. The first-order valence-corrected chi connectivity index (χ1v) is 10.2. The number of carbonyl (C=O) groups is 1. The summed E-state index contributed by atoms with van der Waals surface area (Å²) in [6.45, 7) is 1.46. The first-order valence-electron chi connectivity index (χ1n) is 10.2. The molecule has 0 bridgehead atoms. The van der Waals surface area contributed by atoms with E-state index in [4.69, 9.17) is 4.74 Å². The molecule has 2 heterocycles. The summed E-state index contributed by atoms with van der Waals surface area (Å²) < 4.78 is 19.0. The number of nitrogens with one attached hydrogen (secondary N) is 1. The second-order valence-corrected chi connectivity index (χ2v) is 7.81. The number of pyridine rings is 1. The van der Waals surface area contributed by atoms with Gasteiger partial charge in [0.25, 0.3) is 0 Å². The van der Waals surface area contributed by atoms with E-state index in [-0.39, 0.29) is 11.7 Å². The highest BCUT2D eigenvalue weighted by Crippen LogP contribution is 2.35. The van der Waals surface area contributed by atoms with Gasteiger partial charge in [0.1, 0.15) is 5.82 Å². The molecular weight excluding hydrogens is 379 g/mol. The second kappa shape index (κ2) is 9.18. The maximum Gasteiger partial charge on any atom is 0.226 e. The molecule has 4 nitrogen and oxygen atoms in total. The van der Waals surface area contributed by atoms with Crippen molar-refractivity contribution in [1.82, 2.24) is 10.3 Å². The van der Waals surface area contributed by atoms with E-state index in [0.29, 0.717) is 39.0 Å². The fraction of sp³-hybridized carbons (Fsp3) is 0.280. The fourth-order valence-corrected chi connectivity index (χ4v) is 4.01. The number of amides is 1. The maximum absolute atomic E-state index is 13.4. The first-order chi connectivity index (χ1) is 14.6. The third-order valence-corrected chi connectivity index (χ3v) is 5.78. The monoisotopic (exact) mass is 404 g/mol. The van der Waals surface area contributed by atoms with Crippen LogP contribution in [-0.2, 0) is 22.5 Å². The summed E-state index contributed by atoms with van der Waals surface area (Å²) in [4.78, 5) is 17.3. The maximum atomic E-state index is 13.4. The Balaban J connectivity index is 1.48. The van der Waals surface area contributed by atoms with E-state index in [1.54, 1.807) is 18.5 Å². The van der Waals surface area contributed by atoms with E-state index in [1.165, 1.54) is 12.1 Å². The molecule has 154 valence electrons. The topological polar surface area (TPSA) is 51.2 Å². The average Bonchev–Trinajstić information content (AvgIpc) is 2.79. The van der Waals surface area contributed by atoms with Crippen molar-refractivity contribution in [2.24, 2.45) is 5.41 Å². The van der Waals surface area contributed by atoms with Crippen molar-refractivity contribution < 1.29 is 13.9 Å². The minimum atomic E-state index is -0.510. The van der Waals surface area contributed by atoms with Crippen LogP contribution in [0.2, 0.25) is 0 Å². The van der Waals surface area contributed by atoms with Gasteiger partial charge in [0.15, 0.2) is 0 Å². The van der Waals surface area contributed by atoms with Gasteiger partial charge in [0.05, 0.1) is 5.41 Å². The van der Waals surface area contributed by atoms with Crippen molar-refractivity contribution in [1.29, 1.82) is 0 Å². The summed E-state index contributed by atoms with van der Waals surface area (Å²) in [6.07, 6.45) is 5.57. The number of hydrogen-bond acceptors (Lipinski definition) is 3. The molecule has 4 rings (SSSR count). The molecule has 1 aromatic heterocycles. The Kier molecular flexibility index (Phi) is 6.19. The number of carbonyl (C=O) groups excluding carboxylic acids is 1. The van der Waals surface area contributed by atoms with Crippen LogP contribution in [0.15, 0.2) is 73.1 Å². The summed E-state index contributed by atoms with van der Waals surface area (Å²) in [5.74, 6) is -0.287. The van der Waals surface area contributed by atoms with Gasteiger partial charge < -0.3 is 10.1 Å². The molecule has 1 aliphatic heterocycles. The number of rotatable bonds is 6. The van der Waals surface area contributed by atoms with Gasteiger partial charge in [0, 0.05) is 32.2 Å². The highest BCUT2D eigenvalue weighted by molar-refractivity contribution is 5.83. The highest BCUT2D eigenvalue weighted by atomic mass is 19.1. The Morgan fingerprint density at radius 2 is 1.67 bits per heavy atom. The lowest BCUT2D eigenvalue weighted by Crippen LogP contribution is -2.45. The van der Waals surface area contributed by atoms with E-state index in [1.807, 2.05) is 18.2 Å². The zero-order valence-electron chi connectivity index (χ0n) is 16.8. The minimum Gasteiger partial charge on any atom is -0.381 e. The van der Waals surface area contributed by atoms with E-state index >= 15 is 0 Å². The van der Waals surface area contributed by atoms with E-state index in [9.17, 15) is 9.18 Å². The van der Waals surface area contributed by atoms with Gasteiger partial charge in [-0.1, -0.05) is 36.4 Å². The van der Waals surface area contributed by atoms with Crippen molar-refractivity contribution >= 4 is 5.91 Å². The zero-order chi connectivity index (χ0) is 20.8. The molecule has 30 heavy (non-hydrogen) atoms. The van der Waals surface area contributed by atoms with Crippen LogP contribution in [0.3, 0.4) is 0 Å². The smallest absolute Gasteiger partial charge is 0.226 e. The SMILES string of the molecule is O=C(NCc1cccc(F)c1)C1(Cc2ccc(-c3ccncc3)cc2)CCOCC1. The van der Waals surface area contributed by atoms with Gasteiger partial charge in [0.2, 0.25) is 5.91 Å². The molecular formula is C25H25FN2O2. The number of nitrogens with zero attached hydrogens (tertiary/aromatic N) is 1. The Bertz CT molecular complexity index is 984. The lowest BCUT2D eigenvalue weighted by molar-refractivity contribution is -0.136. The molecule has 1 saturated heterocycles. The molecule has 1 fully saturated rings. The van der Waals surface area contributed by atoms with Crippen LogP contribution >= 0.6 is 0 Å². The first kappa shape index (κ1) is 20.2. The van der Waals surface area contributed by atoms with Gasteiger partial charge in [-0.05, 0) is 65.8 Å². The van der Waals surface area contributed by atoms with Crippen molar-refractivity contribution in [2.45, 2.75) is 25.8 Å². The van der Waals surface area contributed by atoms with Crippen LogP contribution in [0.25, 0.3) is 11.1 Å². The molecule has 0 atom stereocenters. The predicted octanol–water partition coefficient (Wildman–Crippen LogP) is 4.54. The minimum absolute atomic E-state index is 0.00766. The molecule has 0 radical (unpaired) electrons. The van der Waals surface area contributed by atoms with Crippen LogP contribution < -0.4 is 5.32 Å². The zero-order valence-corrected chi connectivity index (χ0v) is 16.8. The molecule has 1 aliphatic rings. The molecule has 2 aromatic carbocycles. The van der Waals surface area contributed by atoms with E-state index in [0.717, 1.165) is 22.3 Å². The highest BCUT2D eigenvalue weighted by Gasteiger charge is 2.39. The van der Waals surface area contributed by atoms with Crippen LogP contribution in [0.5, 0.6) is 0 Å². The van der Waals surface area contributed by atoms with Gasteiger partial charge in [-0.25, -0.2) is 4.39 Å². The number of hydrogen-bond donors (Lipinski definition) is 1. The fourth-order valence-electron chi connectivity index (χ4n) is 4.01. The molecule has 5 heteroatoms. The number of ether oxygens (including phenoxy) is 1. The quantitative estimate of drug-likeness (QED) is 0.656. The van der Waals surface area contributed by atoms with Crippen molar-refractivity contribution in [3.8, 4) is 11.1 Å². The Morgan fingerprint density at radius 3 is 2.37 bits per heavy atom. The van der Waals surface area contributed by atoms with Crippen LogP contribution in [-0.4, -0.2) is 24.1 Å². The third-order valence-electron chi connectivity index (χ3n) is 5.78. The van der Waals surface area contributed by atoms with Gasteiger partial charge in [-0.2, -0.15) is 0 Å². The number of benzene rings is 2.